The van der Waals surface area contributed by atoms with E-state index in [0.29, 0.717) is 5.92 Å². The average Bonchev–Trinajstić information content (AvgIpc) is 3.29. The van der Waals surface area contributed by atoms with Crippen LogP contribution < -0.4 is 0 Å². The summed E-state index contributed by atoms with van der Waals surface area (Å²) in [5.74, 6) is 0.560. The Morgan fingerprint density at radius 3 is 2.88 bits per heavy atom. The predicted octanol–water partition coefficient (Wildman–Crippen LogP) is 3.89. The van der Waals surface area contributed by atoms with E-state index in [1.165, 1.54) is 16.9 Å². The summed E-state index contributed by atoms with van der Waals surface area (Å²) in [7, 11) is 0. The predicted molar refractivity (Wildman–Crippen MR) is 95.3 cm³/mol. The van der Waals surface area contributed by atoms with E-state index in [-0.39, 0.29) is 5.91 Å². The van der Waals surface area contributed by atoms with Crippen LogP contribution in [0.3, 0.4) is 0 Å². The van der Waals surface area contributed by atoms with Gasteiger partial charge in [-0.15, -0.1) is 11.3 Å². The van der Waals surface area contributed by atoms with Crippen molar-refractivity contribution in [2.45, 2.75) is 31.6 Å². The Morgan fingerprint density at radius 2 is 2.08 bits per heavy atom. The van der Waals surface area contributed by atoms with Crippen molar-refractivity contribution in [1.82, 2.24) is 4.90 Å². The molecule has 4 nitrogen and oxygen atoms in total. The average molecular weight is 340 g/mol. The molecule has 2 heterocycles. The molecule has 4 rings (SSSR count). The lowest BCUT2D eigenvalue weighted by molar-refractivity contribution is 0.0790. The van der Waals surface area contributed by atoms with E-state index in [9.17, 15) is 4.79 Å². The molecule has 1 unspecified atom stereocenters. The Balaban J connectivity index is 1.54. The third kappa shape index (κ3) is 2.63. The fourth-order valence-electron chi connectivity index (χ4n) is 3.81. The van der Waals surface area contributed by atoms with Gasteiger partial charge in [-0.3, -0.25) is 4.79 Å². The molecule has 0 saturated carbocycles. The number of carbonyl (C=O) groups excluding carboxylic acids is 1. The second kappa shape index (κ2) is 6.40. The van der Waals surface area contributed by atoms with Gasteiger partial charge in [0.05, 0.1) is 16.2 Å². The van der Waals surface area contributed by atoms with Crippen LogP contribution in [-0.4, -0.2) is 34.8 Å². The van der Waals surface area contributed by atoms with Gasteiger partial charge in [-0.1, -0.05) is 35.5 Å². The highest BCUT2D eigenvalue weighted by Crippen LogP contribution is 2.33. The van der Waals surface area contributed by atoms with Crippen molar-refractivity contribution in [2.75, 3.05) is 13.1 Å². The molecule has 1 amide bonds. The molecule has 2 aromatic rings. The van der Waals surface area contributed by atoms with E-state index in [0.717, 1.165) is 60.5 Å². The molecule has 24 heavy (non-hydrogen) atoms. The minimum Gasteiger partial charge on any atom is -0.411 e. The van der Waals surface area contributed by atoms with Gasteiger partial charge in [0.25, 0.3) is 5.91 Å². The maximum atomic E-state index is 13.0. The first-order valence-electron chi connectivity index (χ1n) is 8.44. The maximum absolute atomic E-state index is 13.0. The highest BCUT2D eigenvalue weighted by molar-refractivity contribution is 7.12. The number of likely N-dealkylation sites (tertiary alicyclic amines) is 1. The molecule has 2 aliphatic rings. The van der Waals surface area contributed by atoms with Crippen LogP contribution in [0.1, 0.15) is 51.5 Å². The van der Waals surface area contributed by atoms with Gasteiger partial charge in [-0.2, -0.15) is 0 Å². The summed E-state index contributed by atoms with van der Waals surface area (Å²) in [6.45, 7) is 1.60. The van der Waals surface area contributed by atoms with Crippen LogP contribution in [-0.2, 0) is 6.42 Å². The smallest absolute Gasteiger partial charge is 0.255 e. The standard InChI is InChI=1S/C19H20N2O2S/c22-19(16-12-24-18-15(16)7-4-8-17(18)20-23)21-10-9-14(11-21)13-5-2-1-3-6-13/h1-3,5-6,12,14,23H,4,7-11H2/b20-17-. The number of fused-ring (bicyclic) bond motifs is 1. The summed E-state index contributed by atoms with van der Waals surface area (Å²) < 4.78 is 0. The minimum absolute atomic E-state index is 0.130. The molecular formula is C19H20N2O2S. The first-order chi connectivity index (χ1) is 11.8. The molecule has 1 atom stereocenters. The van der Waals surface area contributed by atoms with Gasteiger partial charge in [-0.05, 0) is 36.8 Å². The van der Waals surface area contributed by atoms with Crippen LogP contribution in [0.15, 0.2) is 40.9 Å². The number of carbonyl (C=O) groups is 1. The number of rotatable bonds is 2. The number of amides is 1. The van der Waals surface area contributed by atoms with Crippen molar-refractivity contribution in [3.05, 3.63) is 57.3 Å². The normalized spacial score (nSPS) is 21.9. The fraction of sp³-hybridized carbons (Fsp3) is 0.368. The molecule has 1 saturated heterocycles. The molecular weight excluding hydrogens is 320 g/mol. The van der Waals surface area contributed by atoms with Gasteiger partial charge < -0.3 is 10.1 Å². The van der Waals surface area contributed by atoms with E-state index in [2.05, 4.69) is 29.4 Å². The molecule has 0 radical (unpaired) electrons. The zero-order valence-electron chi connectivity index (χ0n) is 13.4. The van der Waals surface area contributed by atoms with Crippen LogP contribution in [0.25, 0.3) is 0 Å². The zero-order valence-corrected chi connectivity index (χ0v) is 14.3. The highest BCUT2D eigenvalue weighted by Gasteiger charge is 2.31. The molecule has 1 aliphatic heterocycles. The largest absolute Gasteiger partial charge is 0.411 e. The highest BCUT2D eigenvalue weighted by atomic mass is 32.1. The second-order valence-electron chi connectivity index (χ2n) is 6.50. The first-order valence-corrected chi connectivity index (χ1v) is 9.31. The lowest BCUT2D eigenvalue weighted by atomic mass is 9.94. The van der Waals surface area contributed by atoms with E-state index < -0.39 is 0 Å². The van der Waals surface area contributed by atoms with Gasteiger partial charge in [0.15, 0.2) is 0 Å². The minimum atomic E-state index is 0.130. The number of benzene rings is 1. The summed E-state index contributed by atoms with van der Waals surface area (Å²) in [4.78, 5) is 16.0. The Morgan fingerprint density at radius 1 is 1.25 bits per heavy atom. The second-order valence-corrected chi connectivity index (χ2v) is 7.38. The topological polar surface area (TPSA) is 52.9 Å². The third-order valence-corrected chi connectivity index (χ3v) is 6.17. The zero-order chi connectivity index (χ0) is 16.5. The Kier molecular flexibility index (Phi) is 4.10. The van der Waals surface area contributed by atoms with Crippen molar-refractivity contribution >= 4 is 23.0 Å². The van der Waals surface area contributed by atoms with Crippen molar-refractivity contribution < 1.29 is 10.0 Å². The van der Waals surface area contributed by atoms with E-state index in [1.54, 1.807) is 0 Å². The summed E-state index contributed by atoms with van der Waals surface area (Å²) in [5, 5.41) is 14.5. The number of oxime groups is 1. The SMILES string of the molecule is O=C(c1csc2c1CCC/C2=N/O)N1CCC(c2ccccc2)C1. The molecule has 0 spiro atoms. The van der Waals surface area contributed by atoms with Gasteiger partial charge in [-0.25, -0.2) is 0 Å². The van der Waals surface area contributed by atoms with Gasteiger partial charge in [0.2, 0.25) is 0 Å². The molecule has 124 valence electrons. The summed E-state index contributed by atoms with van der Waals surface area (Å²) in [6, 6.07) is 10.4. The van der Waals surface area contributed by atoms with Crippen LogP contribution in [0.4, 0.5) is 0 Å². The summed E-state index contributed by atoms with van der Waals surface area (Å²) in [5.41, 5.74) is 3.93. The van der Waals surface area contributed by atoms with E-state index >= 15 is 0 Å². The van der Waals surface area contributed by atoms with Gasteiger partial charge >= 0.3 is 0 Å². The van der Waals surface area contributed by atoms with Crippen molar-refractivity contribution in [3.8, 4) is 0 Å². The van der Waals surface area contributed by atoms with Gasteiger partial charge in [0.1, 0.15) is 0 Å². The van der Waals surface area contributed by atoms with Crippen molar-refractivity contribution in [3.63, 3.8) is 0 Å². The molecule has 1 N–H and O–H groups in total. The number of hydrogen-bond donors (Lipinski definition) is 1. The lowest BCUT2D eigenvalue weighted by Gasteiger charge is -2.19. The van der Waals surface area contributed by atoms with Crippen LogP contribution in [0.5, 0.6) is 0 Å². The number of nitrogens with zero attached hydrogens (tertiary/aromatic N) is 2. The molecule has 1 aliphatic carbocycles. The van der Waals surface area contributed by atoms with Crippen LogP contribution >= 0.6 is 11.3 Å². The van der Waals surface area contributed by atoms with Crippen molar-refractivity contribution in [1.29, 1.82) is 0 Å². The first kappa shape index (κ1) is 15.4. The fourth-order valence-corrected chi connectivity index (χ4v) is 4.92. The molecule has 0 bridgehead atoms. The molecule has 1 fully saturated rings. The summed E-state index contributed by atoms with van der Waals surface area (Å²) in [6.07, 6.45) is 3.65. The lowest BCUT2D eigenvalue weighted by Crippen LogP contribution is -2.29. The molecule has 5 heteroatoms. The summed E-state index contributed by atoms with van der Waals surface area (Å²) >= 11 is 1.53. The maximum Gasteiger partial charge on any atom is 0.255 e. The molecule has 1 aromatic heterocycles. The Labute approximate surface area is 145 Å². The third-order valence-electron chi connectivity index (χ3n) is 5.09. The number of thiophene rings is 1. The monoisotopic (exact) mass is 340 g/mol. The quantitative estimate of drug-likeness (QED) is 0.666. The Bertz CT molecular complexity index is 782. The van der Waals surface area contributed by atoms with Crippen LogP contribution in [0.2, 0.25) is 0 Å². The van der Waals surface area contributed by atoms with E-state index in [4.69, 9.17) is 5.21 Å². The van der Waals surface area contributed by atoms with Gasteiger partial charge in [0, 0.05) is 24.4 Å². The Hall–Kier alpha value is -2.14. The molecule has 1 aromatic carbocycles. The van der Waals surface area contributed by atoms with Crippen molar-refractivity contribution in [2.24, 2.45) is 5.16 Å². The number of hydrogen-bond acceptors (Lipinski definition) is 4. The van der Waals surface area contributed by atoms with Crippen LogP contribution in [0, 0.1) is 0 Å². The van der Waals surface area contributed by atoms with E-state index in [1.807, 2.05) is 16.3 Å².